The summed E-state index contributed by atoms with van der Waals surface area (Å²) in [6, 6.07) is 0. The van der Waals surface area contributed by atoms with Crippen LogP contribution in [0.1, 0.15) is 15.3 Å². The number of nitrogens with one attached hydrogen (secondary N) is 1. The second-order valence-corrected chi connectivity index (χ2v) is 2.31. The Morgan fingerprint density at radius 3 is 1.45 bits per heavy atom. The van der Waals surface area contributed by atoms with Crippen LogP contribution < -0.4 is 11.1 Å². The molecule has 0 saturated carbocycles. The molecular weight excluding hydrogens is 268 g/mol. The summed E-state index contributed by atoms with van der Waals surface area (Å²) in [6.45, 7) is 4.00. The van der Waals surface area contributed by atoms with Crippen molar-refractivity contribution in [3.05, 3.63) is 0 Å². The summed E-state index contributed by atoms with van der Waals surface area (Å²) < 4.78 is 0. The van der Waals surface area contributed by atoms with Gasteiger partial charge in [-0.2, -0.15) is 9.59 Å². The van der Waals surface area contributed by atoms with Gasteiger partial charge in [-0.1, -0.05) is 13.8 Å². The summed E-state index contributed by atoms with van der Waals surface area (Å²) in [7, 11) is 10.2. The van der Waals surface area contributed by atoms with E-state index in [9.17, 15) is 4.79 Å². The molecule has 0 aromatic heterocycles. The minimum atomic E-state index is 0. The van der Waals surface area contributed by atoms with Gasteiger partial charge in [0.2, 0.25) is 6.41 Å². The van der Waals surface area contributed by atoms with E-state index >= 15 is 0 Å². The van der Waals surface area contributed by atoms with Crippen LogP contribution in [-0.2, 0) is 24.2 Å². The molecule has 1 amide bonds. The molecular formula is C11H30N4O5. The van der Waals surface area contributed by atoms with E-state index in [1.807, 2.05) is 27.9 Å². The predicted octanol–water partition coefficient (Wildman–Crippen LogP) is -0.262. The maximum absolute atomic E-state index is 9.43. The standard InChI is InChI=1S/C3H7NO.C2H3NO2.C2H7N.C2H6.CH5N.CO2.H2/c1-4(2)3-5;1-3-2-4-5-2;1-3-2;2*1-2;2-1-3;/h3H,1-2H3;1H3;3H,1-2H3;1-2H3;2H2,1H3;;1H. The third kappa shape index (κ3) is 143. The average molecular weight is 298 g/mol. The quantitative estimate of drug-likeness (QED) is 0.387. The van der Waals surface area contributed by atoms with Gasteiger partial charge in [0, 0.05) is 22.6 Å². The van der Waals surface area contributed by atoms with Crippen molar-refractivity contribution < 1.29 is 25.6 Å². The molecule has 0 radical (unpaired) electrons. The molecule has 9 nitrogen and oxygen atoms in total. The van der Waals surface area contributed by atoms with E-state index in [4.69, 9.17) is 9.59 Å². The van der Waals surface area contributed by atoms with Crippen molar-refractivity contribution >= 4 is 18.6 Å². The van der Waals surface area contributed by atoms with Crippen molar-refractivity contribution in [3.8, 4) is 0 Å². The van der Waals surface area contributed by atoms with E-state index in [0.717, 1.165) is 6.41 Å². The molecule has 0 aromatic carbocycles. The molecule has 1 heterocycles. The second kappa shape index (κ2) is 43.5. The number of aliphatic imine (C=N–C) groups is 1. The van der Waals surface area contributed by atoms with E-state index < -0.39 is 0 Å². The van der Waals surface area contributed by atoms with Crippen molar-refractivity contribution in [2.24, 2.45) is 10.7 Å². The Morgan fingerprint density at radius 2 is 1.45 bits per heavy atom. The van der Waals surface area contributed by atoms with Gasteiger partial charge in [-0.25, -0.2) is 14.8 Å². The van der Waals surface area contributed by atoms with Crippen LogP contribution >= 0.6 is 0 Å². The number of carbonyl (C=O) groups excluding carboxylic acids is 3. The zero-order valence-electron chi connectivity index (χ0n) is 13.6. The van der Waals surface area contributed by atoms with Crippen LogP contribution in [0.5, 0.6) is 0 Å². The number of carbonyl (C=O) groups is 1. The highest BCUT2D eigenvalue weighted by atomic mass is 17.4. The predicted molar refractivity (Wildman–Crippen MR) is 78.8 cm³/mol. The van der Waals surface area contributed by atoms with Crippen molar-refractivity contribution in [1.82, 2.24) is 10.2 Å². The van der Waals surface area contributed by atoms with Crippen LogP contribution in [0, 0.1) is 0 Å². The SMILES string of the molecule is CC.CN.CN(C)C=O.CN=C1OO1.CNC.O=C=O.[HH]. The number of hydrogen-bond donors (Lipinski definition) is 2. The van der Waals surface area contributed by atoms with Crippen LogP contribution in [0.2, 0.25) is 0 Å². The molecule has 124 valence electrons. The molecule has 1 saturated heterocycles. The first-order valence-electron chi connectivity index (χ1n) is 5.62. The maximum Gasteiger partial charge on any atom is 0.471 e. The monoisotopic (exact) mass is 298 g/mol. The van der Waals surface area contributed by atoms with Crippen LogP contribution in [0.15, 0.2) is 4.99 Å². The zero-order chi connectivity index (χ0) is 17.4. The average Bonchev–Trinajstić information content (AvgIpc) is 3.29. The van der Waals surface area contributed by atoms with Crippen molar-refractivity contribution in [1.29, 1.82) is 0 Å². The molecule has 1 aliphatic heterocycles. The van der Waals surface area contributed by atoms with E-state index in [0.29, 0.717) is 6.08 Å². The lowest BCUT2D eigenvalue weighted by Crippen LogP contribution is -2.06. The van der Waals surface area contributed by atoms with Gasteiger partial charge >= 0.3 is 12.2 Å². The molecule has 0 bridgehead atoms. The van der Waals surface area contributed by atoms with Crippen LogP contribution in [-0.4, -0.2) is 65.8 Å². The summed E-state index contributed by atoms with van der Waals surface area (Å²) in [5, 5.41) is 2.75. The first kappa shape index (κ1) is 30.8. The molecule has 9 heteroatoms. The van der Waals surface area contributed by atoms with Gasteiger partial charge in [0.15, 0.2) is 0 Å². The van der Waals surface area contributed by atoms with E-state index in [1.54, 1.807) is 21.1 Å². The van der Waals surface area contributed by atoms with E-state index in [2.05, 4.69) is 25.8 Å². The third-order valence-electron chi connectivity index (χ3n) is 0.551. The van der Waals surface area contributed by atoms with Gasteiger partial charge in [0.05, 0.1) is 0 Å². The minimum absolute atomic E-state index is 0. The summed E-state index contributed by atoms with van der Waals surface area (Å²) in [4.78, 5) is 38.8. The molecule has 3 N–H and O–H groups in total. The summed E-state index contributed by atoms with van der Waals surface area (Å²) in [5.41, 5.74) is 4.50. The first-order chi connectivity index (χ1) is 9.53. The molecule has 0 unspecified atom stereocenters. The molecule has 0 aromatic rings. The normalized spacial score (nSPS) is 7.55. The molecule has 1 rings (SSSR count). The number of amides is 1. The highest BCUT2D eigenvalue weighted by molar-refractivity contribution is 5.73. The number of nitrogens with two attached hydrogens (primary N) is 1. The molecule has 0 aliphatic carbocycles. The Hall–Kier alpha value is -1.96. The second-order valence-electron chi connectivity index (χ2n) is 2.31. The lowest BCUT2D eigenvalue weighted by molar-refractivity contribution is -0.191. The number of hydrogen-bond acceptors (Lipinski definition) is 8. The molecule has 1 aliphatic rings. The smallest absolute Gasteiger partial charge is 0.351 e. The highest BCUT2D eigenvalue weighted by Crippen LogP contribution is 1.99. The van der Waals surface area contributed by atoms with Crippen LogP contribution in [0.25, 0.3) is 0 Å². The van der Waals surface area contributed by atoms with Gasteiger partial charge in [-0.3, -0.25) is 4.79 Å². The van der Waals surface area contributed by atoms with Gasteiger partial charge in [0.1, 0.15) is 0 Å². The Labute approximate surface area is 122 Å². The Morgan fingerprint density at radius 1 is 1.25 bits per heavy atom. The molecule has 0 spiro atoms. The largest absolute Gasteiger partial charge is 0.471 e. The first-order valence-corrected chi connectivity index (χ1v) is 5.62. The van der Waals surface area contributed by atoms with Gasteiger partial charge < -0.3 is 16.0 Å². The number of rotatable bonds is 1. The Bertz CT molecular complexity index is 217. The fraction of sp³-hybridized carbons (Fsp3) is 0.727. The van der Waals surface area contributed by atoms with Crippen molar-refractivity contribution in [2.45, 2.75) is 13.8 Å². The van der Waals surface area contributed by atoms with Crippen LogP contribution in [0.3, 0.4) is 0 Å². The molecule has 0 atom stereocenters. The Balaban J connectivity index is -0.0000000334. The fourth-order valence-electron chi connectivity index (χ4n) is 0.0932. The summed E-state index contributed by atoms with van der Waals surface area (Å²) in [6.07, 6.45) is 1.38. The maximum atomic E-state index is 9.43. The van der Waals surface area contributed by atoms with Gasteiger partial charge in [-0.05, 0) is 21.1 Å². The lowest BCUT2D eigenvalue weighted by atomic mass is 11.0. The summed E-state index contributed by atoms with van der Waals surface area (Å²) in [5.74, 6) is 0. The van der Waals surface area contributed by atoms with Crippen molar-refractivity contribution in [3.63, 3.8) is 0 Å². The van der Waals surface area contributed by atoms with Crippen molar-refractivity contribution in [2.75, 3.05) is 42.3 Å². The number of nitrogens with zero attached hydrogens (tertiary/aromatic N) is 2. The third-order valence-corrected chi connectivity index (χ3v) is 0.551. The minimum Gasteiger partial charge on any atom is -0.351 e. The lowest BCUT2D eigenvalue weighted by Gasteiger charge is -1.93. The van der Waals surface area contributed by atoms with Gasteiger partial charge in [0.25, 0.3) is 0 Å². The topological polar surface area (TPSA) is 130 Å². The van der Waals surface area contributed by atoms with Gasteiger partial charge in [-0.15, -0.1) is 0 Å². The van der Waals surface area contributed by atoms with Crippen LogP contribution in [0.4, 0.5) is 0 Å². The summed E-state index contributed by atoms with van der Waals surface area (Å²) >= 11 is 0. The fourth-order valence-corrected chi connectivity index (χ4v) is 0.0932. The zero-order valence-corrected chi connectivity index (χ0v) is 13.6. The molecule has 20 heavy (non-hydrogen) atoms. The highest BCUT2D eigenvalue weighted by Gasteiger charge is 2.17. The van der Waals surface area contributed by atoms with E-state index in [-0.39, 0.29) is 7.58 Å². The Kier molecular flexibility index (Phi) is 67.0. The van der Waals surface area contributed by atoms with E-state index in [1.165, 1.54) is 11.9 Å². The molecule has 1 fully saturated rings.